The molecule has 1 nitrogen and oxygen atoms in total. The minimum atomic E-state index is 0.493. The molecule has 0 unspecified atom stereocenters. The van der Waals surface area contributed by atoms with Crippen molar-refractivity contribution >= 4 is 23.2 Å². The molecule has 6 heavy (non-hydrogen) atoms. The van der Waals surface area contributed by atoms with Gasteiger partial charge in [-0.2, -0.15) is 0 Å². The predicted octanol–water partition coefficient (Wildman–Crippen LogP) is 1.01. The number of nitrogens with one attached hydrogen (secondary N) is 1. The average molecular weight is 128 g/mol. The largest absolute Gasteiger partial charge is 0.303 e. The van der Waals surface area contributed by atoms with E-state index in [0.29, 0.717) is 11.9 Å². The SMILES string of the molecule is ClCCNCCl. The molecule has 0 aromatic carbocycles. The second-order valence-electron chi connectivity index (χ2n) is 0.823. The van der Waals surface area contributed by atoms with Gasteiger partial charge in [-0.1, -0.05) is 0 Å². The molecule has 3 heteroatoms. The molecule has 0 heterocycles. The molecule has 0 bridgehead atoms. The fourth-order valence-corrected chi connectivity index (χ4v) is 0.401. The molecule has 0 aliphatic rings. The van der Waals surface area contributed by atoms with Crippen molar-refractivity contribution in [2.75, 3.05) is 18.4 Å². The quantitative estimate of drug-likeness (QED) is 0.339. The van der Waals surface area contributed by atoms with Crippen LogP contribution < -0.4 is 5.32 Å². The maximum atomic E-state index is 5.26. The van der Waals surface area contributed by atoms with Gasteiger partial charge in [-0.3, -0.25) is 0 Å². The van der Waals surface area contributed by atoms with E-state index in [1.54, 1.807) is 0 Å². The molecule has 0 rings (SSSR count). The van der Waals surface area contributed by atoms with E-state index in [0.717, 1.165) is 6.54 Å². The number of rotatable bonds is 3. The molecule has 0 aliphatic heterocycles. The van der Waals surface area contributed by atoms with Gasteiger partial charge in [0, 0.05) is 12.4 Å². The van der Waals surface area contributed by atoms with E-state index >= 15 is 0 Å². The summed E-state index contributed by atoms with van der Waals surface area (Å²) in [5, 5.41) is 2.83. The highest BCUT2D eigenvalue weighted by atomic mass is 35.5. The van der Waals surface area contributed by atoms with E-state index in [4.69, 9.17) is 23.2 Å². The van der Waals surface area contributed by atoms with Crippen molar-refractivity contribution in [3.05, 3.63) is 0 Å². The van der Waals surface area contributed by atoms with Gasteiger partial charge in [-0.05, 0) is 0 Å². The van der Waals surface area contributed by atoms with Crippen LogP contribution in [0.5, 0.6) is 0 Å². The van der Waals surface area contributed by atoms with Crippen molar-refractivity contribution < 1.29 is 0 Å². The van der Waals surface area contributed by atoms with Crippen LogP contribution in [-0.2, 0) is 0 Å². The van der Waals surface area contributed by atoms with Crippen LogP contribution in [0.15, 0.2) is 0 Å². The highest BCUT2D eigenvalue weighted by Gasteiger charge is 1.74. The molecule has 0 saturated heterocycles. The summed E-state index contributed by atoms with van der Waals surface area (Å²) in [7, 11) is 0. The van der Waals surface area contributed by atoms with Crippen LogP contribution in [-0.4, -0.2) is 18.4 Å². The molecule has 0 saturated carbocycles. The Labute approximate surface area is 47.6 Å². The standard InChI is InChI=1S/C3H7Cl2N/c4-1-2-6-3-5/h6H,1-3H2. The van der Waals surface area contributed by atoms with Crippen LogP contribution in [0.3, 0.4) is 0 Å². The molecule has 1 N–H and O–H groups in total. The number of hydrogen-bond acceptors (Lipinski definition) is 1. The lowest BCUT2D eigenvalue weighted by Gasteiger charge is -1.88. The molecule has 0 fully saturated rings. The Kier molecular flexibility index (Phi) is 6.04. The van der Waals surface area contributed by atoms with Gasteiger partial charge in [-0.25, -0.2) is 0 Å². The third-order valence-electron chi connectivity index (χ3n) is 0.366. The average Bonchev–Trinajstić information content (AvgIpc) is 1.61. The molecular formula is C3H7Cl2N. The molecule has 0 atom stereocenters. The van der Waals surface area contributed by atoms with E-state index in [1.807, 2.05) is 0 Å². The summed E-state index contributed by atoms with van der Waals surface area (Å²) in [6.07, 6.45) is 0. The number of hydrogen-bond donors (Lipinski definition) is 1. The molecule has 38 valence electrons. The number of alkyl halides is 2. The van der Waals surface area contributed by atoms with E-state index in [2.05, 4.69) is 5.32 Å². The Morgan fingerprint density at radius 1 is 1.33 bits per heavy atom. The van der Waals surface area contributed by atoms with Crippen LogP contribution in [0.4, 0.5) is 0 Å². The summed E-state index contributed by atoms with van der Waals surface area (Å²) < 4.78 is 0. The first kappa shape index (κ1) is 6.54. The Morgan fingerprint density at radius 2 is 2.00 bits per heavy atom. The monoisotopic (exact) mass is 127 g/mol. The summed E-state index contributed by atoms with van der Waals surface area (Å²) in [5.74, 6) is 0.632. The Balaban J connectivity index is 2.34. The summed E-state index contributed by atoms with van der Waals surface area (Å²) >= 11 is 10.5. The lowest BCUT2D eigenvalue weighted by Crippen LogP contribution is -2.13. The highest BCUT2D eigenvalue weighted by Crippen LogP contribution is 1.69. The van der Waals surface area contributed by atoms with Crippen molar-refractivity contribution in [2.45, 2.75) is 0 Å². The first-order valence-corrected chi connectivity index (χ1v) is 2.81. The second-order valence-corrected chi connectivity index (χ2v) is 1.47. The third-order valence-corrected chi connectivity index (χ3v) is 0.744. The predicted molar refractivity (Wildman–Crippen MR) is 29.4 cm³/mol. The summed E-state index contributed by atoms with van der Waals surface area (Å²) in [6, 6.07) is 0.493. The molecule has 0 aromatic heterocycles. The van der Waals surface area contributed by atoms with Gasteiger partial charge in [0.1, 0.15) is 0 Å². The van der Waals surface area contributed by atoms with Gasteiger partial charge >= 0.3 is 0 Å². The molecular weight excluding hydrogens is 121 g/mol. The van der Waals surface area contributed by atoms with E-state index < -0.39 is 0 Å². The molecule has 0 spiro atoms. The summed E-state index contributed by atoms with van der Waals surface area (Å²) in [6.45, 7) is 0.797. The maximum absolute atomic E-state index is 5.26. The van der Waals surface area contributed by atoms with Crippen LogP contribution in [0, 0.1) is 0 Å². The fourth-order valence-electron chi connectivity index (χ4n) is 0.134. The van der Waals surface area contributed by atoms with Crippen LogP contribution in [0.1, 0.15) is 0 Å². The van der Waals surface area contributed by atoms with Gasteiger partial charge in [0.2, 0.25) is 0 Å². The van der Waals surface area contributed by atoms with Crippen molar-refractivity contribution in [1.29, 1.82) is 0 Å². The zero-order valence-electron chi connectivity index (χ0n) is 3.38. The zero-order valence-corrected chi connectivity index (χ0v) is 4.89. The lowest BCUT2D eigenvalue weighted by molar-refractivity contribution is 0.839. The van der Waals surface area contributed by atoms with Gasteiger partial charge in [0.25, 0.3) is 0 Å². The highest BCUT2D eigenvalue weighted by molar-refractivity contribution is 6.18. The Morgan fingerprint density at radius 3 is 2.17 bits per heavy atom. The molecule has 0 aromatic rings. The summed E-state index contributed by atoms with van der Waals surface area (Å²) in [4.78, 5) is 0. The smallest absolute Gasteiger partial charge is 0.0713 e. The second kappa shape index (κ2) is 5.54. The molecule has 0 aliphatic carbocycles. The maximum Gasteiger partial charge on any atom is 0.0713 e. The van der Waals surface area contributed by atoms with Gasteiger partial charge in [0.15, 0.2) is 0 Å². The van der Waals surface area contributed by atoms with E-state index in [1.165, 1.54) is 0 Å². The van der Waals surface area contributed by atoms with Crippen molar-refractivity contribution in [2.24, 2.45) is 0 Å². The minimum Gasteiger partial charge on any atom is -0.303 e. The fraction of sp³-hybridized carbons (Fsp3) is 1.00. The van der Waals surface area contributed by atoms with Crippen molar-refractivity contribution in [3.63, 3.8) is 0 Å². The van der Waals surface area contributed by atoms with Gasteiger partial charge < -0.3 is 5.32 Å². The first-order valence-electron chi connectivity index (χ1n) is 1.74. The van der Waals surface area contributed by atoms with E-state index in [-0.39, 0.29) is 0 Å². The Bertz CT molecular complexity index is 20.8. The zero-order chi connectivity index (χ0) is 4.83. The van der Waals surface area contributed by atoms with E-state index in [9.17, 15) is 0 Å². The molecule has 0 radical (unpaired) electrons. The normalized spacial score (nSPS) is 9.00. The van der Waals surface area contributed by atoms with Gasteiger partial charge in [-0.15, -0.1) is 23.2 Å². The Hall–Kier alpha value is 0.540. The number of halogens is 2. The van der Waals surface area contributed by atoms with Gasteiger partial charge in [0.05, 0.1) is 6.00 Å². The molecule has 0 amide bonds. The van der Waals surface area contributed by atoms with Crippen LogP contribution >= 0.6 is 23.2 Å². The van der Waals surface area contributed by atoms with Crippen LogP contribution in [0.2, 0.25) is 0 Å². The topological polar surface area (TPSA) is 12.0 Å². The minimum absolute atomic E-state index is 0.493. The first-order chi connectivity index (χ1) is 2.91. The van der Waals surface area contributed by atoms with Crippen molar-refractivity contribution in [3.8, 4) is 0 Å². The van der Waals surface area contributed by atoms with Crippen LogP contribution in [0.25, 0.3) is 0 Å². The van der Waals surface area contributed by atoms with Crippen molar-refractivity contribution in [1.82, 2.24) is 5.32 Å². The lowest BCUT2D eigenvalue weighted by atomic mass is 10.8. The summed E-state index contributed by atoms with van der Waals surface area (Å²) in [5.41, 5.74) is 0. The third kappa shape index (κ3) is 4.54.